The molecule has 1 aliphatic heterocycles. The monoisotopic (exact) mass is 299 g/mol. The molecule has 0 aromatic rings. The van der Waals surface area contributed by atoms with E-state index in [1.807, 2.05) is 13.8 Å². The molecule has 6 heteroatoms. The standard InChI is InChI=1S/C15H25NO5/c1-7-19-13(18)10(2)8-16-12(17)11-14(3,4)9-20-15(5,6)21-11/h8,11H,7,9H2,1-6H3,(H,16,17)/b10-8+/t11-/m0/s1. The van der Waals surface area contributed by atoms with Gasteiger partial charge in [-0.05, 0) is 27.7 Å². The van der Waals surface area contributed by atoms with Gasteiger partial charge in [-0.25, -0.2) is 4.79 Å². The SMILES string of the molecule is CCOC(=O)/C(C)=C/NC(=O)[C@@H]1OC(C)(C)OCC1(C)C. The molecule has 6 nitrogen and oxygen atoms in total. The van der Waals surface area contributed by atoms with Crippen LogP contribution in [0.1, 0.15) is 41.5 Å². The van der Waals surface area contributed by atoms with Crippen molar-refractivity contribution in [3.63, 3.8) is 0 Å². The molecule has 0 spiro atoms. The third-order valence-electron chi connectivity index (χ3n) is 3.17. The maximum atomic E-state index is 12.3. The molecule has 1 N–H and O–H groups in total. The van der Waals surface area contributed by atoms with Gasteiger partial charge in [-0.15, -0.1) is 0 Å². The van der Waals surface area contributed by atoms with E-state index in [4.69, 9.17) is 14.2 Å². The highest BCUT2D eigenvalue weighted by Gasteiger charge is 2.45. The zero-order valence-electron chi connectivity index (χ0n) is 13.6. The van der Waals surface area contributed by atoms with Crippen LogP contribution in [0, 0.1) is 5.41 Å². The van der Waals surface area contributed by atoms with E-state index in [0.717, 1.165) is 0 Å². The third-order valence-corrected chi connectivity index (χ3v) is 3.17. The van der Waals surface area contributed by atoms with E-state index in [0.29, 0.717) is 18.8 Å². The van der Waals surface area contributed by atoms with Crippen LogP contribution in [0.25, 0.3) is 0 Å². The second kappa shape index (κ2) is 6.58. The normalized spacial score (nSPS) is 24.3. The lowest BCUT2D eigenvalue weighted by Gasteiger charge is -2.44. The molecule has 0 unspecified atom stereocenters. The van der Waals surface area contributed by atoms with Crippen molar-refractivity contribution in [2.75, 3.05) is 13.2 Å². The van der Waals surface area contributed by atoms with Gasteiger partial charge in [0.1, 0.15) is 6.10 Å². The highest BCUT2D eigenvalue weighted by atomic mass is 16.7. The van der Waals surface area contributed by atoms with E-state index >= 15 is 0 Å². The lowest BCUT2D eigenvalue weighted by molar-refractivity contribution is -0.303. The first-order chi connectivity index (χ1) is 9.59. The Morgan fingerprint density at radius 2 is 1.95 bits per heavy atom. The molecule has 1 aliphatic rings. The summed E-state index contributed by atoms with van der Waals surface area (Å²) < 4.78 is 16.1. The van der Waals surface area contributed by atoms with E-state index in [2.05, 4.69) is 5.32 Å². The Morgan fingerprint density at radius 3 is 2.52 bits per heavy atom. The van der Waals surface area contributed by atoms with Crippen molar-refractivity contribution in [1.29, 1.82) is 0 Å². The van der Waals surface area contributed by atoms with E-state index in [9.17, 15) is 9.59 Å². The fourth-order valence-corrected chi connectivity index (χ4v) is 1.88. The number of carbonyl (C=O) groups is 2. The quantitative estimate of drug-likeness (QED) is 0.632. The number of esters is 1. The largest absolute Gasteiger partial charge is 0.463 e. The molecule has 1 heterocycles. The zero-order valence-corrected chi connectivity index (χ0v) is 13.6. The molecule has 0 radical (unpaired) electrons. The van der Waals surface area contributed by atoms with Crippen molar-refractivity contribution in [3.05, 3.63) is 11.8 Å². The van der Waals surface area contributed by atoms with Gasteiger partial charge in [-0.2, -0.15) is 0 Å². The molecule has 120 valence electrons. The fourth-order valence-electron chi connectivity index (χ4n) is 1.88. The topological polar surface area (TPSA) is 73.9 Å². The summed E-state index contributed by atoms with van der Waals surface area (Å²) in [6.45, 7) is 11.3. The van der Waals surface area contributed by atoms with Gasteiger partial charge in [0.25, 0.3) is 5.91 Å². The van der Waals surface area contributed by atoms with Crippen LogP contribution >= 0.6 is 0 Å². The molecule has 21 heavy (non-hydrogen) atoms. The lowest BCUT2D eigenvalue weighted by atomic mass is 9.85. The Kier molecular flexibility index (Phi) is 5.53. The molecule has 1 rings (SSSR count). The summed E-state index contributed by atoms with van der Waals surface area (Å²) in [4.78, 5) is 23.8. The lowest BCUT2D eigenvalue weighted by Crippen LogP contribution is -2.56. The van der Waals surface area contributed by atoms with E-state index in [-0.39, 0.29) is 5.91 Å². The molecule has 0 saturated carbocycles. The van der Waals surface area contributed by atoms with Gasteiger partial charge in [-0.3, -0.25) is 4.79 Å². The van der Waals surface area contributed by atoms with Crippen LogP contribution in [0.4, 0.5) is 0 Å². The summed E-state index contributed by atoms with van der Waals surface area (Å²) >= 11 is 0. The molecule has 0 aromatic heterocycles. The first kappa shape index (κ1) is 17.7. The number of carbonyl (C=O) groups excluding carboxylic acids is 2. The Morgan fingerprint density at radius 1 is 1.33 bits per heavy atom. The van der Waals surface area contributed by atoms with Crippen molar-refractivity contribution in [2.45, 2.75) is 53.4 Å². The van der Waals surface area contributed by atoms with Crippen molar-refractivity contribution < 1.29 is 23.8 Å². The molecule has 0 bridgehead atoms. The van der Waals surface area contributed by atoms with E-state index in [1.54, 1.807) is 27.7 Å². The van der Waals surface area contributed by atoms with Crippen molar-refractivity contribution in [1.82, 2.24) is 5.32 Å². The summed E-state index contributed by atoms with van der Waals surface area (Å²) in [5.74, 6) is -1.57. The van der Waals surface area contributed by atoms with Crippen molar-refractivity contribution in [2.24, 2.45) is 5.41 Å². The van der Waals surface area contributed by atoms with E-state index < -0.39 is 23.3 Å². The third kappa shape index (κ3) is 4.82. The van der Waals surface area contributed by atoms with Gasteiger partial charge in [0.15, 0.2) is 5.79 Å². The minimum atomic E-state index is -0.808. The number of amides is 1. The minimum Gasteiger partial charge on any atom is -0.463 e. The first-order valence-electron chi connectivity index (χ1n) is 7.05. The second-order valence-electron chi connectivity index (χ2n) is 6.23. The summed E-state index contributed by atoms with van der Waals surface area (Å²) in [6, 6.07) is 0. The Balaban J connectivity index is 2.73. The van der Waals surface area contributed by atoms with Gasteiger partial charge in [0.2, 0.25) is 0 Å². The predicted molar refractivity (Wildman–Crippen MR) is 77.2 cm³/mol. The Labute approximate surface area is 125 Å². The maximum absolute atomic E-state index is 12.3. The van der Waals surface area contributed by atoms with Crippen LogP contribution in [-0.4, -0.2) is 37.0 Å². The molecule has 0 aromatic carbocycles. The van der Waals surface area contributed by atoms with Crippen molar-refractivity contribution >= 4 is 11.9 Å². The van der Waals surface area contributed by atoms with E-state index in [1.165, 1.54) is 6.20 Å². The minimum absolute atomic E-state index is 0.294. The molecular weight excluding hydrogens is 274 g/mol. The number of hydrogen-bond donors (Lipinski definition) is 1. The molecule has 1 fully saturated rings. The fraction of sp³-hybridized carbons (Fsp3) is 0.733. The first-order valence-corrected chi connectivity index (χ1v) is 7.05. The zero-order chi connectivity index (χ0) is 16.3. The summed E-state index contributed by atoms with van der Waals surface area (Å²) in [7, 11) is 0. The molecule has 1 amide bonds. The smallest absolute Gasteiger partial charge is 0.335 e. The highest BCUT2D eigenvalue weighted by molar-refractivity contribution is 5.89. The van der Waals surface area contributed by atoms with Gasteiger partial charge in [0.05, 0.1) is 18.8 Å². The Hall–Kier alpha value is -1.40. The average molecular weight is 299 g/mol. The number of rotatable bonds is 4. The summed E-state index contributed by atoms with van der Waals surface area (Å²) in [6.07, 6.45) is 0.690. The van der Waals surface area contributed by atoms with Crippen LogP contribution in [0.2, 0.25) is 0 Å². The Bertz CT molecular complexity index is 439. The predicted octanol–water partition coefficient (Wildman–Crippen LogP) is 1.75. The highest BCUT2D eigenvalue weighted by Crippen LogP contribution is 2.34. The average Bonchev–Trinajstić information content (AvgIpc) is 2.39. The summed E-state index contributed by atoms with van der Waals surface area (Å²) in [5, 5.41) is 2.60. The number of nitrogens with one attached hydrogen (secondary N) is 1. The van der Waals surface area contributed by atoms with Gasteiger partial charge in [-0.1, -0.05) is 13.8 Å². The van der Waals surface area contributed by atoms with Crippen molar-refractivity contribution in [3.8, 4) is 0 Å². The number of hydrogen-bond acceptors (Lipinski definition) is 5. The van der Waals surface area contributed by atoms with Gasteiger partial charge in [0, 0.05) is 11.6 Å². The summed E-state index contributed by atoms with van der Waals surface area (Å²) in [5.41, 5.74) is -0.125. The van der Waals surface area contributed by atoms with Gasteiger partial charge >= 0.3 is 5.97 Å². The van der Waals surface area contributed by atoms with Gasteiger partial charge < -0.3 is 19.5 Å². The molecule has 0 aliphatic carbocycles. The van der Waals surface area contributed by atoms with Crippen LogP contribution in [0.15, 0.2) is 11.8 Å². The van der Waals surface area contributed by atoms with Crippen LogP contribution in [0.3, 0.4) is 0 Å². The molecule has 1 saturated heterocycles. The molecular formula is C15H25NO5. The maximum Gasteiger partial charge on any atom is 0.335 e. The molecule has 1 atom stereocenters. The van der Waals surface area contributed by atoms with Crippen LogP contribution < -0.4 is 5.32 Å². The van der Waals surface area contributed by atoms with Crippen LogP contribution in [-0.2, 0) is 23.8 Å². The number of ether oxygens (including phenoxy) is 3. The van der Waals surface area contributed by atoms with Crippen LogP contribution in [0.5, 0.6) is 0 Å². The second-order valence-corrected chi connectivity index (χ2v) is 6.23.